The highest BCUT2D eigenvalue weighted by Gasteiger charge is 2.54. The third-order valence-corrected chi connectivity index (χ3v) is 6.02. The van der Waals surface area contributed by atoms with E-state index in [1.165, 1.54) is 38.5 Å². The number of hydrogen-bond donors (Lipinski definition) is 1. The van der Waals surface area contributed by atoms with E-state index in [0.29, 0.717) is 12.0 Å². The molecule has 2 N–H and O–H groups in total. The molecule has 5 rings (SSSR count). The number of furan rings is 1. The van der Waals surface area contributed by atoms with Crippen LogP contribution < -0.4 is 5.73 Å². The molecule has 1 aromatic heterocycles. The predicted octanol–water partition coefficient (Wildman–Crippen LogP) is 3.64. The van der Waals surface area contributed by atoms with Gasteiger partial charge in [0.15, 0.2) is 0 Å². The van der Waals surface area contributed by atoms with Crippen LogP contribution in [-0.2, 0) is 11.3 Å². The van der Waals surface area contributed by atoms with Crippen LogP contribution >= 0.6 is 0 Å². The van der Waals surface area contributed by atoms with Crippen molar-refractivity contribution in [1.29, 1.82) is 0 Å². The molecule has 1 aromatic rings. The zero-order valence-electron chi connectivity index (χ0n) is 12.3. The highest BCUT2D eigenvalue weighted by molar-refractivity contribution is 5.16. The van der Waals surface area contributed by atoms with Crippen molar-refractivity contribution in [1.82, 2.24) is 0 Å². The van der Waals surface area contributed by atoms with E-state index < -0.39 is 0 Å². The molecule has 3 heteroatoms. The Labute approximate surface area is 120 Å². The molecule has 1 heterocycles. The first-order chi connectivity index (χ1) is 9.68. The van der Waals surface area contributed by atoms with Gasteiger partial charge in [-0.3, -0.25) is 0 Å². The second kappa shape index (κ2) is 4.60. The van der Waals surface area contributed by atoms with Gasteiger partial charge < -0.3 is 14.9 Å². The van der Waals surface area contributed by atoms with Gasteiger partial charge in [-0.15, -0.1) is 0 Å². The molecule has 1 atom stereocenters. The molecule has 1 unspecified atom stereocenters. The summed E-state index contributed by atoms with van der Waals surface area (Å²) < 4.78 is 11.1. The van der Waals surface area contributed by atoms with Gasteiger partial charge in [-0.2, -0.15) is 0 Å². The molecular weight excluding hydrogens is 250 g/mol. The van der Waals surface area contributed by atoms with Crippen LogP contribution in [0.5, 0.6) is 0 Å². The zero-order chi connectivity index (χ0) is 13.7. The third-order valence-electron chi connectivity index (χ3n) is 6.02. The molecule has 4 aliphatic rings. The highest BCUT2D eigenvalue weighted by Crippen LogP contribution is 2.63. The fraction of sp³-hybridized carbons (Fsp3) is 0.765. The minimum atomic E-state index is 0.0708. The molecule has 0 spiro atoms. The summed E-state index contributed by atoms with van der Waals surface area (Å²) in [6, 6.07) is 4.15. The van der Waals surface area contributed by atoms with Crippen LogP contribution in [0, 0.1) is 23.2 Å². The van der Waals surface area contributed by atoms with Gasteiger partial charge in [0.05, 0.1) is 6.04 Å². The van der Waals surface area contributed by atoms with Crippen molar-refractivity contribution in [3.63, 3.8) is 0 Å². The van der Waals surface area contributed by atoms with Gasteiger partial charge in [0, 0.05) is 7.11 Å². The Morgan fingerprint density at radius 1 is 1.20 bits per heavy atom. The average Bonchev–Trinajstić information content (AvgIpc) is 2.85. The maximum Gasteiger partial charge on any atom is 0.129 e. The third kappa shape index (κ3) is 1.94. The Hall–Kier alpha value is -0.800. The van der Waals surface area contributed by atoms with Crippen molar-refractivity contribution in [2.45, 2.75) is 51.2 Å². The van der Waals surface area contributed by atoms with Crippen LogP contribution in [0.2, 0.25) is 0 Å². The fourth-order valence-electron chi connectivity index (χ4n) is 5.64. The van der Waals surface area contributed by atoms with Gasteiger partial charge in [-0.25, -0.2) is 0 Å². The highest BCUT2D eigenvalue weighted by atomic mass is 16.5. The van der Waals surface area contributed by atoms with Crippen molar-refractivity contribution < 1.29 is 9.15 Å². The predicted molar refractivity (Wildman–Crippen MR) is 77.0 cm³/mol. The SMILES string of the molecule is COCc1ccc(C(N)C23CC4CC(CC(C4)C2)C3)o1. The van der Waals surface area contributed by atoms with Crippen LogP contribution in [0.15, 0.2) is 16.5 Å². The fourth-order valence-corrected chi connectivity index (χ4v) is 5.64. The van der Waals surface area contributed by atoms with Crippen molar-refractivity contribution >= 4 is 0 Å². The zero-order valence-corrected chi connectivity index (χ0v) is 12.3. The van der Waals surface area contributed by atoms with Crippen molar-refractivity contribution in [2.24, 2.45) is 28.9 Å². The lowest BCUT2D eigenvalue weighted by Gasteiger charge is -2.58. The van der Waals surface area contributed by atoms with Gasteiger partial charge in [0.1, 0.15) is 18.1 Å². The maximum absolute atomic E-state index is 6.67. The van der Waals surface area contributed by atoms with Crippen molar-refractivity contribution in [3.8, 4) is 0 Å². The van der Waals surface area contributed by atoms with E-state index in [1.54, 1.807) is 7.11 Å². The van der Waals surface area contributed by atoms with E-state index in [9.17, 15) is 0 Å². The monoisotopic (exact) mass is 275 g/mol. The number of rotatable bonds is 4. The Morgan fingerprint density at radius 3 is 2.35 bits per heavy atom. The second-order valence-electron chi connectivity index (χ2n) is 7.49. The van der Waals surface area contributed by atoms with Gasteiger partial charge in [-0.05, 0) is 73.8 Å². The molecule has 4 bridgehead atoms. The molecule has 4 saturated carbocycles. The minimum absolute atomic E-state index is 0.0708. The normalized spacial score (nSPS) is 40.2. The molecule has 110 valence electrons. The summed E-state index contributed by atoms with van der Waals surface area (Å²) in [4.78, 5) is 0. The quantitative estimate of drug-likeness (QED) is 0.912. The van der Waals surface area contributed by atoms with E-state index in [1.807, 2.05) is 6.07 Å². The Balaban J connectivity index is 1.59. The van der Waals surface area contributed by atoms with E-state index in [0.717, 1.165) is 29.3 Å². The van der Waals surface area contributed by atoms with Crippen molar-refractivity contribution in [2.75, 3.05) is 7.11 Å². The molecule has 0 amide bonds. The van der Waals surface area contributed by atoms with Crippen LogP contribution in [0.1, 0.15) is 56.1 Å². The maximum atomic E-state index is 6.67. The standard InChI is InChI=1S/C17H25NO2/c1-19-10-14-2-3-15(20-14)16(18)17-7-11-4-12(8-17)6-13(5-11)9-17/h2-3,11-13,16H,4-10,18H2,1H3. The Bertz CT molecular complexity index is 458. The summed E-state index contributed by atoms with van der Waals surface area (Å²) >= 11 is 0. The van der Waals surface area contributed by atoms with Crippen LogP contribution in [0.25, 0.3) is 0 Å². The molecule has 4 fully saturated rings. The summed E-state index contributed by atoms with van der Waals surface area (Å²) in [5, 5.41) is 0. The smallest absolute Gasteiger partial charge is 0.129 e. The first-order valence-electron chi connectivity index (χ1n) is 8.01. The summed E-state index contributed by atoms with van der Waals surface area (Å²) in [6.07, 6.45) is 8.33. The van der Waals surface area contributed by atoms with Gasteiger partial charge in [0.2, 0.25) is 0 Å². The summed E-state index contributed by atoms with van der Waals surface area (Å²) in [7, 11) is 1.70. The largest absolute Gasteiger partial charge is 0.462 e. The topological polar surface area (TPSA) is 48.4 Å². The second-order valence-corrected chi connectivity index (χ2v) is 7.49. The summed E-state index contributed by atoms with van der Waals surface area (Å²) in [5.74, 6) is 4.66. The first kappa shape index (κ1) is 12.9. The lowest BCUT2D eigenvalue weighted by molar-refractivity contribution is -0.0711. The molecule has 0 aromatic carbocycles. The number of methoxy groups -OCH3 is 1. The molecule has 0 radical (unpaired) electrons. The molecule has 4 aliphatic carbocycles. The number of hydrogen-bond acceptors (Lipinski definition) is 3. The lowest BCUT2D eigenvalue weighted by Crippen LogP contribution is -2.50. The minimum Gasteiger partial charge on any atom is -0.462 e. The number of nitrogens with two attached hydrogens (primary N) is 1. The van der Waals surface area contributed by atoms with Crippen LogP contribution in [-0.4, -0.2) is 7.11 Å². The van der Waals surface area contributed by atoms with Crippen LogP contribution in [0.4, 0.5) is 0 Å². The van der Waals surface area contributed by atoms with E-state index >= 15 is 0 Å². The van der Waals surface area contributed by atoms with E-state index in [4.69, 9.17) is 14.9 Å². The molecule has 0 aliphatic heterocycles. The van der Waals surface area contributed by atoms with E-state index in [2.05, 4.69) is 6.07 Å². The van der Waals surface area contributed by atoms with E-state index in [-0.39, 0.29) is 6.04 Å². The van der Waals surface area contributed by atoms with Gasteiger partial charge in [-0.1, -0.05) is 0 Å². The summed E-state index contributed by atoms with van der Waals surface area (Å²) in [5.41, 5.74) is 6.99. The number of ether oxygens (including phenoxy) is 1. The lowest BCUT2D eigenvalue weighted by atomic mass is 9.47. The first-order valence-corrected chi connectivity index (χ1v) is 8.01. The molecule has 3 nitrogen and oxygen atoms in total. The van der Waals surface area contributed by atoms with Crippen molar-refractivity contribution in [3.05, 3.63) is 23.7 Å². The Kier molecular flexibility index (Phi) is 2.97. The average molecular weight is 275 g/mol. The summed E-state index contributed by atoms with van der Waals surface area (Å²) in [6.45, 7) is 0.535. The Morgan fingerprint density at radius 2 is 1.80 bits per heavy atom. The molecule has 0 saturated heterocycles. The molecular formula is C17H25NO2. The molecule has 20 heavy (non-hydrogen) atoms. The van der Waals surface area contributed by atoms with Gasteiger partial charge >= 0.3 is 0 Å². The van der Waals surface area contributed by atoms with Gasteiger partial charge in [0.25, 0.3) is 0 Å². The van der Waals surface area contributed by atoms with Crippen LogP contribution in [0.3, 0.4) is 0 Å².